The Hall–Kier alpha value is -1.29. The van der Waals surface area contributed by atoms with Crippen LogP contribution in [0.3, 0.4) is 0 Å². The lowest BCUT2D eigenvalue weighted by atomic mass is 9.86. The molecule has 82 valence electrons. The molecule has 1 aromatic carbocycles. The third-order valence-corrected chi connectivity index (χ3v) is 2.45. The number of nitro groups is 1. The highest BCUT2D eigenvalue weighted by atomic mass is 35.5. The van der Waals surface area contributed by atoms with Crippen molar-refractivity contribution in [3.63, 3.8) is 0 Å². The lowest BCUT2D eigenvalue weighted by Crippen LogP contribution is -2.12. The molecular weight excluding hydrogens is 218 g/mol. The van der Waals surface area contributed by atoms with E-state index in [2.05, 4.69) is 0 Å². The molecule has 0 aromatic heterocycles. The predicted molar refractivity (Wildman–Crippen MR) is 58.5 cm³/mol. The number of non-ortho nitro benzene ring substituents is 1. The number of hydrogen-bond donors (Lipinski definition) is 1. The smallest absolute Gasteiger partial charge is 0.273 e. The minimum atomic E-state index is -0.550. The van der Waals surface area contributed by atoms with Crippen molar-refractivity contribution in [2.75, 3.05) is 0 Å². The average molecular weight is 230 g/mol. The highest BCUT2D eigenvalue weighted by Crippen LogP contribution is 2.38. The molecule has 0 unspecified atom stereocenters. The molecule has 1 aromatic rings. The molecule has 0 aliphatic carbocycles. The molecule has 0 aliphatic heterocycles. The highest BCUT2D eigenvalue weighted by molar-refractivity contribution is 6.33. The number of nitro benzene ring substituents is 1. The maximum atomic E-state index is 10.6. The number of phenols is 1. The zero-order valence-electron chi connectivity index (χ0n) is 8.74. The van der Waals surface area contributed by atoms with E-state index in [-0.39, 0.29) is 21.9 Å². The average Bonchev–Trinajstić information content (AvgIpc) is 2.06. The van der Waals surface area contributed by atoms with Crippen molar-refractivity contribution in [2.24, 2.45) is 0 Å². The van der Waals surface area contributed by atoms with Crippen molar-refractivity contribution >= 4 is 17.3 Å². The highest BCUT2D eigenvalue weighted by Gasteiger charge is 2.23. The third-order valence-electron chi connectivity index (χ3n) is 2.06. The largest absolute Gasteiger partial charge is 0.506 e. The molecule has 1 N–H and O–H groups in total. The fourth-order valence-electron chi connectivity index (χ4n) is 1.25. The van der Waals surface area contributed by atoms with Gasteiger partial charge in [-0.25, -0.2) is 0 Å². The summed E-state index contributed by atoms with van der Waals surface area (Å²) in [6, 6.07) is 2.44. The van der Waals surface area contributed by atoms with Gasteiger partial charge in [-0.15, -0.1) is 0 Å². The fourth-order valence-corrected chi connectivity index (χ4v) is 1.64. The molecule has 0 spiro atoms. The Balaban J connectivity index is 3.45. The summed E-state index contributed by atoms with van der Waals surface area (Å²) in [7, 11) is 0. The molecule has 0 saturated heterocycles. The molecule has 5 heteroatoms. The van der Waals surface area contributed by atoms with Crippen molar-refractivity contribution in [3.8, 4) is 5.75 Å². The first kappa shape index (κ1) is 11.8. The first-order valence-electron chi connectivity index (χ1n) is 4.41. The summed E-state index contributed by atoms with van der Waals surface area (Å²) in [4.78, 5) is 10.0. The minimum Gasteiger partial charge on any atom is -0.506 e. The molecular formula is C10H12ClNO3. The van der Waals surface area contributed by atoms with Gasteiger partial charge in [0.15, 0.2) is 0 Å². The number of hydrogen-bond acceptors (Lipinski definition) is 3. The van der Waals surface area contributed by atoms with Gasteiger partial charge in [0.1, 0.15) is 5.75 Å². The number of benzene rings is 1. The maximum Gasteiger partial charge on any atom is 0.273 e. The molecule has 0 bridgehead atoms. The van der Waals surface area contributed by atoms with E-state index in [4.69, 9.17) is 11.6 Å². The van der Waals surface area contributed by atoms with Gasteiger partial charge in [-0.1, -0.05) is 32.4 Å². The van der Waals surface area contributed by atoms with Crippen LogP contribution in [0.5, 0.6) is 5.75 Å². The fraction of sp³-hybridized carbons (Fsp3) is 0.400. The summed E-state index contributed by atoms with van der Waals surface area (Å²) in [6.07, 6.45) is 0. The van der Waals surface area contributed by atoms with E-state index in [9.17, 15) is 15.2 Å². The van der Waals surface area contributed by atoms with Crippen molar-refractivity contribution in [3.05, 3.63) is 32.8 Å². The van der Waals surface area contributed by atoms with Crippen LogP contribution in [-0.2, 0) is 5.41 Å². The minimum absolute atomic E-state index is 0.151. The Kier molecular flexibility index (Phi) is 2.90. The van der Waals surface area contributed by atoms with E-state index < -0.39 is 4.92 Å². The molecule has 1 rings (SSSR count). The normalized spacial score (nSPS) is 11.5. The lowest BCUT2D eigenvalue weighted by molar-refractivity contribution is -0.385. The first-order valence-corrected chi connectivity index (χ1v) is 4.78. The van der Waals surface area contributed by atoms with Crippen LogP contribution in [0.25, 0.3) is 0 Å². The van der Waals surface area contributed by atoms with Crippen LogP contribution in [0.15, 0.2) is 12.1 Å². The summed E-state index contributed by atoms with van der Waals surface area (Å²) in [5, 5.41) is 20.2. The number of aromatic hydroxyl groups is 1. The lowest BCUT2D eigenvalue weighted by Gasteiger charge is -2.20. The van der Waals surface area contributed by atoms with Crippen molar-refractivity contribution in [1.82, 2.24) is 0 Å². The monoisotopic (exact) mass is 229 g/mol. The van der Waals surface area contributed by atoms with Crippen molar-refractivity contribution in [1.29, 1.82) is 0 Å². The van der Waals surface area contributed by atoms with Crippen LogP contribution < -0.4 is 0 Å². The molecule has 0 heterocycles. The van der Waals surface area contributed by atoms with Crippen LogP contribution in [0, 0.1) is 10.1 Å². The van der Waals surface area contributed by atoms with Gasteiger partial charge in [-0.2, -0.15) is 0 Å². The van der Waals surface area contributed by atoms with Crippen LogP contribution >= 0.6 is 11.6 Å². The van der Waals surface area contributed by atoms with Crippen molar-refractivity contribution < 1.29 is 10.0 Å². The second-order valence-electron chi connectivity index (χ2n) is 4.33. The van der Waals surface area contributed by atoms with Crippen LogP contribution in [-0.4, -0.2) is 10.0 Å². The predicted octanol–water partition coefficient (Wildman–Crippen LogP) is 3.25. The quantitative estimate of drug-likeness (QED) is 0.594. The second-order valence-corrected chi connectivity index (χ2v) is 4.71. The van der Waals surface area contributed by atoms with Crippen molar-refractivity contribution in [2.45, 2.75) is 26.2 Å². The zero-order chi connectivity index (χ0) is 11.8. The third kappa shape index (κ3) is 2.39. The molecule has 15 heavy (non-hydrogen) atoms. The van der Waals surface area contributed by atoms with Gasteiger partial charge in [0.2, 0.25) is 0 Å². The van der Waals surface area contributed by atoms with E-state index in [1.807, 2.05) is 20.8 Å². The summed E-state index contributed by atoms with van der Waals surface area (Å²) >= 11 is 5.88. The SMILES string of the molecule is CC(C)(C)c1cc([N+](=O)[O-])cc(O)c1Cl. The summed E-state index contributed by atoms with van der Waals surface area (Å²) in [6.45, 7) is 5.62. The second kappa shape index (κ2) is 3.70. The standard InChI is InChI=1S/C10H12ClNO3/c1-10(2,3)7-4-6(12(14)15)5-8(13)9(7)11/h4-5,13H,1-3H3. The van der Waals surface area contributed by atoms with E-state index >= 15 is 0 Å². The first-order chi connectivity index (χ1) is 6.73. The van der Waals surface area contributed by atoms with E-state index in [0.29, 0.717) is 5.56 Å². The topological polar surface area (TPSA) is 63.4 Å². The molecule has 0 aliphatic rings. The molecule has 0 saturated carbocycles. The summed E-state index contributed by atoms with van der Waals surface area (Å²) in [5.74, 6) is -0.254. The zero-order valence-corrected chi connectivity index (χ0v) is 9.50. The molecule has 0 fully saturated rings. The Bertz CT molecular complexity index is 410. The van der Waals surface area contributed by atoms with Crippen LogP contribution in [0.2, 0.25) is 5.02 Å². The summed E-state index contributed by atoms with van der Waals surface area (Å²) in [5.41, 5.74) is 0.0679. The Morgan fingerprint density at radius 3 is 2.33 bits per heavy atom. The number of phenolic OH excluding ortho intramolecular Hbond substituents is 1. The van der Waals surface area contributed by atoms with Gasteiger partial charge in [-0.3, -0.25) is 10.1 Å². The number of rotatable bonds is 1. The molecule has 4 nitrogen and oxygen atoms in total. The van der Waals surface area contributed by atoms with Gasteiger partial charge >= 0.3 is 0 Å². The van der Waals surface area contributed by atoms with Gasteiger partial charge in [0.05, 0.1) is 16.0 Å². The van der Waals surface area contributed by atoms with Gasteiger partial charge in [-0.05, 0) is 11.0 Å². The molecule has 0 amide bonds. The van der Waals surface area contributed by atoms with Crippen LogP contribution in [0.1, 0.15) is 26.3 Å². The molecule has 0 atom stereocenters. The van der Waals surface area contributed by atoms with Gasteiger partial charge in [0, 0.05) is 6.07 Å². The van der Waals surface area contributed by atoms with Gasteiger partial charge in [0.25, 0.3) is 5.69 Å². The maximum absolute atomic E-state index is 10.6. The number of halogens is 1. The van der Waals surface area contributed by atoms with Crippen LogP contribution in [0.4, 0.5) is 5.69 Å². The van der Waals surface area contributed by atoms with E-state index in [1.54, 1.807) is 0 Å². The number of nitrogens with zero attached hydrogens (tertiary/aromatic N) is 1. The van der Waals surface area contributed by atoms with Gasteiger partial charge < -0.3 is 5.11 Å². The Labute approximate surface area is 92.6 Å². The Morgan fingerprint density at radius 1 is 1.40 bits per heavy atom. The summed E-state index contributed by atoms with van der Waals surface area (Å²) < 4.78 is 0. The van der Waals surface area contributed by atoms with E-state index in [0.717, 1.165) is 6.07 Å². The Morgan fingerprint density at radius 2 is 1.93 bits per heavy atom. The molecule has 0 radical (unpaired) electrons. The van der Waals surface area contributed by atoms with E-state index in [1.165, 1.54) is 6.07 Å².